The average Bonchev–Trinajstić information content (AvgIpc) is 2.37. The van der Waals surface area contributed by atoms with Gasteiger partial charge < -0.3 is 4.74 Å². The number of benzene rings is 2. The van der Waals surface area contributed by atoms with Crippen LogP contribution in [0.25, 0.3) is 0 Å². The minimum Gasteiger partial charge on any atom is -0.489 e. The summed E-state index contributed by atoms with van der Waals surface area (Å²) < 4.78 is 5.56. The van der Waals surface area contributed by atoms with Gasteiger partial charge in [-0.05, 0) is 36.8 Å². The molecule has 0 saturated heterocycles. The van der Waals surface area contributed by atoms with Crippen molar-refractivity contribution in [1.82, 2.24) is 0 Å². The quantitative estimate of drug-likeness (QED) is 0.623. The van der Waals surface area contributed by atoms with Crippen molar-refractivity contribution in [2.24, 2.45) is 0 Å². The fourth-order valence-electron chi connectivity index (χ4n) is 1.70. The van der Waals surface area contributed by atoms with Crippen LogP contribution in [0.5, 0.6) is 5.75 Å². The van der Waals surface area contributed by atoms with Crippen molar-refractivity contribution in [2.45, 2.75) is 13.5 Å². The summed E-state index contributed by atoms with van der Waals surface area (Å²) in [4.78, 5) is 10.5. The Morgan fingerprint density at radius 3 is 2.74 bits per heavy atom. The third kappa shape index (κ3) is 3.45. The highest BCUT2D eigenvalue weighted by Crippen LogP contribution is 2.24. The van der Waals surface area contributed by atoms with Crippen molar-refractivity contribution in [3.63, 3.8) is 0 Å². The highest BCUT2D eigenvalue weighted by Gasteiger charge is 2.14. The summed E-state index contributed by atoms with van der Waals surface area (Å²) in [7, 11) is 0. The largest absolute Gasteiger partial charge is 0.489 e. The van der Waals surface area contributed by atoms with Gasteiger partial charge in [-0.25, -0.2) is 0 Å². The molecule has 0 N–H and O–H groups in total. The lowest BCUT2D eigenvalue weighted by molar-refractivity contribution is -0.385. The Bertz CT molecular complexity index is 613. The molecule has 0 aromatic heterocycles. The van der Waals surface area contributed by atoms with Crippen LogP contribution in [-0.2, 0) is 6.61 Å². The lowest BCUT2D eigenvalue weighted by Gasteiger charge is -2.07. The number of rotatable bonds is 4. The first-order valence-electron chi connectivity index (χ1n) is 5.68. The Morgan fingerprint density at radius 2 is 2.05 bits per heavy atom. The number of ether oxygens (including phenoxy) is 1. The molecule has 5 heteroatoms. The van der Waals surface area contributed by atoms with Crippen molar-refractivity contribution in [3.8, 4) is 5.75 Å². The molecule has 0 aliphatic heterocycles. The maximum absolute atomic E-state index is 10.9. The van der Waals surface area contributed by atoms with Gasteiger partial charge in [-0.15, -0.1) is 0 Å². The standard InChI is InChI=1S/C14H12ClNO3/c1-10-3-2-4-13(7-10)19-9-11-5-6-12(15)8-14(11)16(17)18/h2-8H,9H2,1H3. The molecule has 2 rings (SSSR count). The van der Waals surface area contributed by atoms with E-state index in [1.165, 1.54) is 6.07 Å². The lowest BCUT2D eigenvalue weighted by atomic mass is 10.2. The first-order chi connectivity index (χ1) is 9.06. The molecule has 0 spiro atoms. The monoisotopic (exact) mass is 277 g/mol. The number of halogens is 1. The normalized spacial score (nSPS) is 10.2. The van der Waals surface area contributed by atoms with Crippen LogP contribution in [0.2, 0.25) is 5.02 Å². The fraction of sp³-hybridized carbons (Fsp3) is 0.143. The van der Waals surface area contributed by atoms with Crippen LogP contribution in [0.15, 0.2) is 42.5 Å². The summed E-state index contributed by atoms with van der Waals surface area (Å²) in [6.45, 7) is 2.09. The van der Waals surface area contributed by atoms with Crippen LogP contribution in [0.4, 0.5) is 5.69 Å². The molecular formula is C14H12ClNO3. The van der Waals surface area contributed by atoms with Crippen LogP contribution >= 0.6 is 11.6 Å². The molecular weight excluding hydrogens is 266 g/mol. The van der Waals surface area contributed by atoms with Crippen molar-refractivity contribution < 1.29 is 9.66 Å². The molecule has 2 aromatic carbocycles. The van der Waals surface area contributed by atoms with E-state index in [2.05, 4.69) is 0 Å². The first kappa shape index (κ1) is 13.4. The molecule has 0 aliphatic carbocycles. The maximum atomic E-state index is 10.9. The van der Waals surface area contributed by atoms with Gasteiger partial charge in [0, 0.05) is 11.1 Å². The van der Waals surface area contributed by atoms with E-state index >= 15 is 0 Å². The first-order valence-corrected chi connectivity index (χ1v) is 6.06. The second kappa shape index (κ2) is 5.71. The van der Waals surface area contributed by atoms with Gasteiger partial charge in [0.25, 0.3) is 5.69 Å². The number of aryl methyl sites for hydroxylation is 1. The summed E-state index contributed by atoms with van der Waals surface area (Å²) >= 11 is 5.75. The van der Waals surface area contributed by atoms with Crippen LogP contribution in [0, 0.1) is 17.0 Å². The van der Waals surface area contributed by atoms with Crippen molar-refractivity contribution in [3.05, 3.63) is 68.7 Å². The van der Waals surface area contributed by atoms with Crippen LogP contribution in [0.3, 0.4) is 0 Å². The SMILES string of the molecule is Cc1cccc(OCc2ccc(Cl)cc2[N+](=O)[O-])c1. The second-order valence-electron chi connectivity index (χ2n) is 4.14. The van der Waals surface area contributed by atoms with E-state index < -0.39 is 4.92 Å². The lowest BCUT2D eigenvalue weighted by Crippen LogP contribution is -2.00. The highest BCUT2D eigenvalue weighted by atomic mass is 35.5. The summed E-state index contributed by atoms with van der Waals surface area (Å²) in [5.41, 5.74) is 1.54. The second-order valence-corrected chi connectivity index (χ2v) is 4.57. The van der Waals surface area contributed by atoms with Crippen molar-refractivity contribution in [1.29, 1.82) is 0 Å². The number of nitro benzene ring substituents is 1. The summed E-state index contributed by atoms with van der Waals surface area (Å²) in [6.07, 6.45) is 0. The Hall–Kier alpha value is -2.07. The molecule has 98 valence electrons. The molecule has 0 unspecified atom stereocenters. The smallest absolute Gasteiger partial charge is 0.277 e. The molecule has 0 saturated carbocycles. The third-order valence-corrected chi connectivity index (χ3v) is 2.86. The van der Waals surface area contributed by atoms with Crippen molar-refractivity contribution >= 4 is 17.3 Å². The Kier molecular flexibility index (Phi) is 4.02. The molecule has 0 radical (unpaired) electrons. The molecule has 2 aromatic rings. The zero-order valence-electron chi connectivity index (χ0n) is 10.3. The number of nitro groups is 1. The van der Waals surface area contributed by atoms with Crippen LogP contribution in [-0.4, -0.2) is 4.92 Å². The van der Waals surface area contributed by atoms with Gasteiger partial charge in [-0.1, -0.05) is 23.7 Å². The Balaban J connectivity index is 2.17. The predicted molar refractivity (Wildman–Crippen MR) is 73.6 cm³/mol. The zero-order chi connectivity index (χ0) is 13.8. The van der Waals surface area contributed by atoms with E-state index in [0.29, 0.717) is 16.3 Å². The number of hydrogen-bond donors (Lipinski definition) is 0. The van der Waals surface area contributed by atoms with Crippen LogP contribution in [0.1, 0.15) is 11.1 Å². The number of nitrogens with zero attached hydrogens (tertiary/aromatic N) is 1. The predicted octanol–water partition coefficient (Wildman–Crippen LogP) is 4.14. The van der Waals surface area contributed by atoms with E-state index in [9.17, 15) is 10.1 Å². The molecule has 0 amide bonds. The molecule has 0 atom stereocenters. The molecule has 4 nitrogen and oxygen atoms in total. The minimum absolute atomic E-state index is 0.0276. The number of hydrogen-bond acceptors (Lipinski definition) is 3. The molecule has 0 heterocycles. The van der Waals surface area contributed by atoms with Crippen LogP contribution < -0.4 is 4.74 Å². The molecule has 0 fully saturated rings. The van der Waals surface area contributed by atoms with E-state index in [1.54, 1.807) is 12.1 Å². The van der Waals surface area contributed by atoms with E-state index in [4.69, 9.17) is 16.3 Å². The topological polar surface area (TPSA) is 52.4 Å². The van der Waals surface area contributed by atoms with Gasteiger partial charge >= 0.3 is 0 Å². The molecule has 19 heavy (non-hydrogen) atoms. The zero-order valence-corrected chi connectivity index (χ0v) is 11.1. The fourth-order valence-corrected chi connectivity index (χ4v) is 1.86. The molecule has 0 bridgehead atoms. The van der Waals surface area contributed by atoms with Gasteiger partial charge in [0.15, 0.2) is 0 Å². The summed E-state index contributed by atoms with van der Waals surface area (Å²) in [5.74, 6) is 0.684. The maximum Gasteiger partial charge on any atom is 0.277 e. The molecule has 0 aliphatic rings. The average molecular weight is 278 g/mol. The van der Waals surface area contributed by atoms with E-state index in [1.807, 2.05) is 31.2 Å². The Labute approximate surface area is 115 Å². The van der Waals surface area contributed by atoms with Gasteiger partial charge in [-0.3, -0.25) is 10.1 Å². The van der Waals surface area contributed by atoms with Gasteiger partial charge in [0.05, 0.1) is 10.5 Å². The summed E-state index contributed by atoms with van der Waals surface area (Å²) in [5, 5.41) is 11.3. The van der Waals surface area contributed by atoms with Gasteiger partial charge in [0.2, 0.25) is 0 Å². The summed E-state index contributed by atoms with van der Waals surface area (Å²) in [6, 6.07) is 12.1. The van der Waals surface area contributed by atoms with Crippen molar-refractivity contribution in [2.75, 3.05) is 0 Å². The van der Waals surface area contributed by atoms with Gasteiger partial charge in [0.1, 0.15) is 12.4 Å². The van der Waals surface area contributed by atoms with Gasteiger partial charge in [-0.2, -0.15) is 0 Å². The minimum atomic E-state index is -0.458. The highest BCUT2D eigenvalue weighted by molar-refractivity contribution is 6.30. The third-order valence-electron chi connectivity index (χ3n) is 2.63. The Morgan fingerprint density at radius 1 is 1.26 bits per heavy atom. The van der Waals surface area contributed by atoms with E-state index in [0.717, 1.165) is 5.56 Å². The van der Waals surface area contributed by atoms with E-state index in [-0.39, 0.29) is 12.3 Å².